The predicted octanol–water partition coefficient (Wildman–Crippen LogP) is 3.53. The standard InChI is InChI=1S/C24H32N4O2/c1-3-8-18(2)27-23(29)20-11-7-14-28(17-20)21-12-13-25-22(15-21)24(30)26-16-19-9-5-4-6-10-19/h4-6,9-10,12-13,15,18,20H,3,7-8,11,14,16-17H2,1-2H3,(H,26,30)(H,27,29). The predicted molar refractivity (Wildman–Crippen MR) is 119 cm³/mol. The molecule has 0 radical (unpaired) electrons. The highest BCUT2D eigenvalue weighted by Gasteiger charge is 2.27. The van der Waals surface area contributed by atoms with Crippen LogP contribution in [0.25, 0.3) is 0 Å². The lowest BCUT2D eigenvalue weighted by molar-refractivity contribution is -0.125. The van der Waals surface area contributed by atoms with Crippen LogP contribution in [0.15, 0.2) is 48.7 Å². The van der Waals surface area contributed by atoms with Crippen LogP contribution in [0.3, 0.4) is 0 Å². The molecule has 0 bridgehead atoms. The highest BCUT2D eigenvalue weighted by Crippen LogP contribution is 2.24. The van der Waals surface area contributed by atoms with Crippen molar-refractivity contribution in [2.24, 2.45) is 5.92 Å². The van der Waals surface area contributed by atoms with Gasteiger partial charge in [0.05, 0.1) is 5.92 Å². The quantitative estimate of drug-likeness (QED) is 0.701. The highest BCUT2D eigenvalue weighted by molar-refractivity contribution is 5.93. The summed E-state index contributed by atoms with van der Waals surface area (Å²) in [6.07, 6.45) is 5.58. The Labute approximate surface area is 179 Å². The third-order valence-electron chi connectivity index (χ3n) is 5.54. The molecule has 2 heterocycles. The zero-order valence-corrected chi connectivity index (χ0v) is 17.9. The number of anilines is 1. The monoisotopic (exact) mass is 408 g/mol. The van der Waals surface area contributed by atoms with Gasteiger partial charge in [-0.05, 0) is 43.9 Å². The van der Waals surface area contributed by atoms with Crippen LogP contribution in [-0.4, -0.2) is 35.9 Å². The summed E-state index contributed by atoms with van der Waals surface area (Å²) in [6.45, 7) is 6.20. The number of hydrogen-bond acceptors (Lipinski definition) is 4. The lowest BCUT2D eigenvalue weighted by atomic mass is 9.96. The van der Waals surface area contributed by atoms with E-state index in [1.807, 2.05) is 42.5 Å². The number of aromatic nitrogens is 1. The van der Waals surface area contributed by atoms with E-state index in [1.54, 1.807) is 6.20 Å². The molecule has 2 N–H and O–H groups in total. The first kappa shape index (κ1) is 21.8. The van der Waals surface area contributed by atoms with Crippen LogP contribution in [0, 0.1) is 5.92 Å². The van der Waals surface area contributed by atoms with Crippen LogP contribution in [0.1, 0.15) is 55.6 Å². The smallest absolute Gasteiger partial charge is 0.270 e. The van der Waals surface area contributed by atoms with Crippen molar-refractivity contribution in [3.05, 3.63) is 59.9 Å². The second kappa shape index (κ2) is 10.8. The van der Waals surface area contributed by atoms with Crippen molar-refractivity contribution in [3.8, 4) is 0 Å². The summed E-state index contributed by atoms with van der Waals surface area (Å²) in [5.41, 5.74) is 2.38. The van der Waals surface area contributed by atoms with E-state index in [0.29, 0.717) is 18.8 Å². The molecule has 2 unspecified atom stereocenters. The van der Waals surface area contributed by atoms with Gasteiger partial charge in [0.25, 0.3) is 5.91 Å². The van der Waals surface area contributed by atoms with Crippen LogP contribution in [-0.2, 0) is 11.3 Å². The second-order valence-corrected chi connectivity index (χ2v) is 8.05. The zero-order chi connectivity index (χ0) is 21.3. The Balaban J connectivity index is 1.60. The average molecular weight is 409 g/mol. The maximum atomic E-state index is 12.6. The summed E-state index contributed by atoms with van der Waals surface area (Å²) in [7, 11) is 0. The number of pyridine rings is 1. The van der Waals surface area contributed by atoms with E-state index in [1.165, 1.54) is 0 Å². The Morgan fingerprint density at radius 3 is 2.80 bits per heavy atom. The van der Waals surface area contributed by atoms with Crippen LogP contribution in [0.4, 0.5) is 5.69 Å². The van der Waals surface area contributed by atoms with E-state index < -0.39 is 0 Å². The van der Waals surface area contributed by atoms with Gasteiger partial charge in [-0.2, -0.15) is 0 Å². The van der Waals surface area contributed by atoms with Gasteiger partial charge in [-0.15, -0.1) is 0 Å². The fourth-order valence-corrected chi connectivity index (χ4v) is 3.90. The number of amides is 2. The number of nitrogens with one attached hydrogen (secondary N) is 2. The van der Waals surface area contributed by atoms with Gasteiger partial charge in [0.1, 0.15) is 5.69 Å². The molecule has 1 aromatic heterocycles. The molecule has 1 saturated heterocycles. The van der Waals surface area contributed by atoms with Gasteiger partial charge < -0.3 is 15.5 Å². The van der Waals surface area contributed by atoms with Gasteiger partial charge in [-0.3, -0.25) is 14.6 Å². The summed E-state index contributed by atoms with van der Waals surface area (Å²) in [5.74, 6) is -0.0856. The van der Waals surface area contributed by atoms with Crippen molar-refractivity contribution >= 4 is 17.5 Å². The summed E-state index contributed by atoms with van der Waals surface area (Å²) in [6, 6.07) is 13.7. The van der Waals surface area contributed by atoms with Gasteiger partial charge >= 0.3 is 0 Å². The fraction of sp³-hybridized carbons (Fsp3) is 0.458. The largest absolute Gasteiger partial charge is 0.371 e. The lowest BCUT2D eigenvalue weighted by Crippen LogP contribution is -2.45. The first-order valence-corrected chi connectivity index (χ1v) is 10.9. The van der Waals surface area contributed by atoms with Crippen LogP contribution in [0.2, 0.25) is 0 Å². The lowest BCUT2D eigenvalue weighted by Gasteiger charge is -2.34. The zero-order valence-electron chi connectivity index (χ0n) is 17.9. The molecule has 6 heteroatoms. The molecule has 1 aliphatic rings. The molecule has 1 fully saturated rings. The SMILES string of the molecule is CCCC(C)NC(=O)C1CCCN(c2ccnc(C(=O)NCc3ccccc3)c2)C1. The third-order valence-corrected chi connectivity index (χ3v) is 5.54. The maximum absolute atomic E-state index is 12.6. The van der Waals surface area contributed by atoms with Gasteiger partial charge in [0.2, 0.25) is 5.91 Å². The Morgan fingerprint density at radius 1 is 1.23 bits per heavy atom. The van der Waals surface area contributed by atoms with Gasteiger partial charge in [0, 0.05) is 37.6 Å². The molecule has 0 spiro atoms. The number of benzene rings is 1. The topological polar surface area (TPSA) is 74.3 Å². The number of carbonyl (C=O) groups is 2. The molecule has 2 aromatic rings. The summed E-state index contributed by atoms with van der Waals surface area (Å²) in [5, 5.41) is 6.06. The van der Waals surface area contributed by atoms with Crippen molar-refractivity contribution in [2.45, 2.75) is 52.1 Å². The minimum Gasteiger partial charge on any atom is -0.371 e. The van der Waals surface area contributed by atoms with Crippen molar-refractivity contribution in [2.75, 3.05) is 18.0 Å². The van der Waals surface area contributed by atoms with E-state index in [9.17, 15) is 9.59 Å². The van der Waals surface area contributed by atoms with E-state index in [4.69, 9.17) is 0 Å². The molecular formula is C24H32N4O2. The first-order valence-electron chi connectivity index (χ1n) is 10.9. The number of carbonyl (C=O) groups excluding carboxylic acids is 2. The number of rotatable bonds is 8. The minimum absolute atomic E-state index is 0.0263. The molecule has 160 valence electrons. The molecule has 0 saturated carbocycles. The van der Waals surface area contributed by atoms with Gasteiger partial charge in [-0.1, -0.05) is 43.7 Å². The molecule has 1 aromatic carbocycles. The van der Waals surface area contributed by atoms with Crippen molar-refractivity contribution in [1.82, 2.24) is 15.6 Å². The number of nitrogens with zero attached hydrogens (tertiary/aromatic N) is 2. The van der Waals surface area contributed by atoms with E-state index >= 15 is 0 Å². The Hall–Kier alpha value is -2.89. The highest BCUT2D eigenvalue weighted by atomic mass is 16.2. The fourth-order valence-electron chi connectivity index (χ4n) is 3.90. The summed E-state index contributed by atoms with van der Waals surface area (Å²) >= 11 is 0. The van der Waals surface area contributed by atoms with Crippen molar-refractivity contribution in [3.63, 3.8) is 0 Å². The van der Waals surface area contributed by atoms with Gasteiger partial charge in [0.15, 0.2) is 0 Å². The van der Waals surface area contributed by atoms with E-state index in [-0.39, 0.29) is 23.8 Å². The molecule has 6 nitrogen and oxygen atoms in total. The number of piperidine rings is 1. The van der Waals surface area contributed by atoms with Crippen molar-refractivity contribution < 1.29 is 9.59 Å². The Kier molecular flexibility index (Phi) is 7.82. The molecular weight excluding hydrogens is 376 g/mol. The van der Waals surface area contributed by atoms with Gasteiger partial charge in [-0.25, -0.2) is 0 Å². The molecule has 3 rings (SSSR count). The van der Waals surface area contributed by atoms with Crippen LogP contribution < -0.4 is 15.5 Å². The van der Waals surface area contributed by atoms with Crippen molar-refractivity contribution in [1.29, 1.82) is 0 Å². The maximum Gasteiger partial charge on any atom is 0.270 e. The number of hydrogen-bond donors (Lipinski definition) is 2. The van der Waals surface area contributed by atoms with Crippen LogP contribution in [0.5, 0.6) is 0 Å². The second-order valence-electron chi connectivity index (χ2n) is 8.05. The molecule has 2 atom stereocenters. The average Bonchev–Trinajstić information content (AvgIpc) is 2.78. The first-order chi connectivity index (χ1) is 14.6. The Bertz CT molecular complexity index is 840. The Morgan fingerprint density at radius 2 is 2.03 bits per heavy atom. The third kappa shape index (κ3) is 6.05. The molecule has 2 amide bonds. The summed E-state index contributed by atoms with van der Waals surface area (Å²) in [4.78, 5) is 31.6. The van der Waals surface area contributed by atoms with Crippen LogP contribution >= 0.6 is 0 Å². The molecule has 0 aliphatic carbocycles. The molecule has 1 aliphatic heterocycles. The van der Waals surface area contributed by atoms with E-state index in [2.05, 4.69) is 34.4 Å². The van der Waals surface area contributed by atoms with E-state index in [0.717, 1.165) is 43.5 Å². The summed E-state index contributed by atoms with van der Waals surface area (Å²) < 4.78 is 0. The molecule has 30 heavy (non-hydrogen) atoms. The normalized spacial score (nSPS) is 17.3. The minimum atomic E-state index is -0.194.